The first-order valence-corrected chi connectivity index (χ1v) is 7.00. The number of benzene rings is 1. The molecule has 0 aromatic heterocycles. The predicted molar refractivity (Wildman–Crippen MR) is 82.4 cm³/mol. The van der Waals surface area contributed by atoms with E-state index in [9.17, 15) is 14.7 Å². The Balaban J connectivity index is 2.70. The van der Waals surface area contributed by atoms with Crippen molar-refractivity contribution in [3.05, 3.63) is 41.6 Å². The molecule has 0 unspecified atom stereocenters. The largest absolute Gasteiger partial charge is 0.444 e. The Kier molecular flexibility index (Phi) is 6.63. The average Bonchev–Trinajstić information content (AvgIpc) is 2.46. The van der Waals surface area contributed by atoms with E-state index in [0.717, 1.165) is 5.56 Å². The number of hydrogen-bond donors (Lipinski definition) is 3. The molecule has 0 fully saturated rings. The van der Waals surface area contributed by atoms with Crippen molar-refractivity contribution in [2.75, 3.05) is 6.61 Å². The molecule has 0 aliphatic heterocycles. The molecule has 22 heavy (non-hydrogen) atoms. The monoisotopic (exact) mass is 306 g/mol. The standard InChI is InChI=1S/C16H22N2O4/c1-16(2,22-15(17)21)8-13(10-19)14(11-20)18-9-12-6-4-3-5-7-12/h3-7,13,18-19H,8-10H2,1-2H3,(H2,17,21)/t13-/m0/s1. The van der Waals surface area contributed by atoms with Crippen molar-refractivity contribution < 1.29 is 19.4 Å². The van der Waals surface area contributed by atoms with Crippen molar-refractivity contribution in [3.8, 4) is 0 Å². The van der Waals surface area contributed by atoms with Gasteiger partial charge >= 0.3 is 6.09 Å². The van der Waals surface area contributed by atoms with Crippen LogP contribution in [0.2, 0.25) is 0 Å². The fourth-order valence-electron chi connectivity index (χ4n) is 2.22. The number of primary amides is 1. The van der Waals surface area contributed by atoms with E-state index in [1.54, 1.807) is 13.8 Å². The summed E-state index contributed by atoms with van der Waals surface area (Å²) in [6, 6.07) is 9.54. The minimum Gasteiger partial charge on any atom is -0.444 e. The Labute approximate surface area is 130 Å². The Bertz CT molecular complexity index is 536. The van der Waals surface area contributed by atoms with Gasteiger partial charge in [0.05, 0.1) is 6.61 Å². The Morgan fingerprint density at radius 2 is 2.05 bits per heavy atom. The molecular weight excluding hydrogens is 284 g/mol. The number of hydrogen-bond acceptors (Lipinski definition) is 5. The quantitative estimate of drug-likeness (QED) is 0.630. The molecule has 0 bridgehead atoms. The van der Waals surface area contributed by atoms with Gasteiger partial charge < -0.3 is 20.9 Å². The Morgan fingerprint density at radius 1 is 1.41 bits per heavy atom. The Hall–Kier alpha value is -2.30. The number of amides is 1. The van der Waals surface area contributed by atoms with E-state index in [2.05, 4.69) is 5.32 Å². The first-order chi connectivity index (χ1) is 10.4. The molecule has 120 valence electrons. The van der Waals surface area contributed by atoms with Gasteiger partial charge in [-0.3, -0.25) is 0 Å². The summed E-state index contributed by atoms with van der Waals surface area (Å²) < 4.78 is 4.98. The van der Waals surface area contributed by atoms with Crippen molar-refractivity contribution in [3.63, 3.8) is 0 Å². The van der Waals surface area contributed by atoms with Crippen molar-refractivity contribution in [1.29, 1.82) is 0 Å². The number of ether oxygens (including phenoxy) is 1. The smallest absolute Gasteiger partial charge is 0.405 e. The molecule has 0 spiro atoms. The molecule has 1 aromatic carbocycles. The lowest BCUT2D eigenvalue weighted by molar-refractivity contribution is 0.0228. The van der Waals surface area contributed by atoms with Gasteiger partial charge in [-0.25, -0.2) is 9.59 Å². The van der Waals surface area contributed by atoms with Crippen molar-refractivity contribution in [1.82, 2.24) is 5.32 Å². The van der Waals surface area contributed by atoms with E-state index in [1.165, 1.54) is 0 Å². The molecule has 6 heteroatoms. The average molecular weight is 306 g/mol. The lowest BCUT2D eigenvalue weighted by atomic mass is 9.91. The molecule has 6 nitrogen and oxygen atoms in total. The number of nitrogens with one attached hydrogen (secondary N) is 1. The molecule has 1 rings (SSSR count). The molecular formula is C16H22N2O4. The van der Waals surface area contributed by atoms with E-state index in [0.29, 0.717) is 6.54 Å². The minimum absolute atomic E-state index is 0.243. The van der Waals surface area contributed by atoms with Crippen LogP contribution in [-0.2, 0) is 16.1 Å². The molecule has 0 aliphatic rings. The second kappa shape index (κ2) is 8.22. The maximum absolute atomic E-state index is 11.2. The molecule has 1 amide bonds. The van der Waals surface area contributed by atoms with Crippen LogP contribution in [-0.4, -0.2) is 29.3 Å². The van der Waals surface area contributed by atoms with Crippen LogP contribution >= 0.6 is 0 Å². The van der Waals surface area contributed by atoms with Gasteiger partial charge in [-0.1, -0.05) is 30.3 Å². The van der Waals surface area contributed by atoms with Crippen LogP contribution in [0.1, 0.15) is 25.8 Å². The molecule has 4 N–H and O–H groups in total. The zero-order valence-corrected chi connectivity index (χ0v) is 12.8. The van der Waals surface area contributed by atoms with Gasteiger partial charge in [0.1, 0.15) is 17.2 Å². The van der Waals surface area contributed by atoms with Gasteiger partial charge in [-0.15, -0.1) is 0 Å². The van der Waals surface area contributed by atoms with Crippen molar-refractivity contribution >= 4 is 12.0 Å². The molecule has 1 aromatic rings. The summed E-state index contributed by atoms with van der Waals surface area (Å²) in [5.74, 6) is 1.31. The van der Waals surface area contributed by atoms with Gasteiger partial charge in [0.15, 0.2) is 0 Å². The second-order valence-corrected chi connectivity index (χ2v) is 5.62. The molecule has 0 saturated carbocycles. The maximum Gasteiger partial charge on any atom is 0.405 e. The lowest BCUT2D eigenvalue weighted by Gasteiger charge is -2.28. The molecule has 0 aliphatic carbocycles. The van der Waals surface area contributed by atoms with Gasteiger partial charge in [-0.2, -0.15) is 0 Å². The van der Waals surface area contributed by atoms with Crippen LogP contribution < -0.4 is 11.1 Å². The highest BCUT2D eigenvalue weighted by Crippen LogP contribution is 2.23. The summed E-state index contributed by atoms with van der Waals surface area (Å²) in [4.78, 5) is 22.0. The van der Waals surface area contributed by atoms with E-state index >= 15 is 0 Å². The number of carbonyl (C=O) groups excluding carboxylic acids is 2. The maximum atomic E-state index is 11.2. The number of carbonyl (C=O) groups is 1. The molecule has 0 heterocycles. The first kappa shape index (κ1) is 17.8. The van der Waals surface area contributed by atoms with E-state index in [1.807, 2.05) is 36.3 Å². The third kappa shape index (κ3) is 5.99. The van der Waals surface area contributed by atoms with Crippen molar-refractivity contribution in [2.45, 2.75) is 32.4 Å². The Morgan fingerprint density at radius 3 is 2.55 bits per heavy atom. The zero-order chi connectivity index (χ0) is 16.6. The summed E-state index contributed by atoms with van der Waals surface area (Å²) in [5.41, 5.74) is 5.37. The van der Waals surface area contributed by atoms with E-state index in [4.69, 9.17) is 10.5 Å². The lowest BCUT2D eigenvalue weighted by Crippen LogP contribution is -2.36. The van der Waals surface area contributed by atoms with Gasteiger partial charge in [0.25, 0.3) is 0 Å². The minimum atomic E-state index is -0.893. The highest BCUT2D eigenvalue weighted by Gasteiger charge is 2.29. The summed E-state index contributed by atoms with van der Waals surface area (Å²) in [6.45, 7) is 3.51. The fraction of sp³-hybridized carbons (Fsp3) is 0.438. The van der Waals surface area contributed by atoms with Gasteiger partial charge in [-0.05, 0) is 25.8 Å². The van der Waals surface area contributed by atoms with Crippen LogP contribution in [0.4, 0.5) is 4.79 Å². The fourth-order valence-corrected chi connectivity index (χ4v) is 2.22. The van der Waals surface area contributed by atoms with Crippen LogP contribution in [0.25, 0.3) is 0 Å². The number of aliphatic hydroxyl groups excluding tert-OH is 1. The zero-order valence-electron chi connectivity index (χ0n) is 12.8. The molecule has 1 atom stereocenters. The topological polar surface area (TPSA) is 102 Å². The first-order valence-electron chi connectivity index (χ1n) is 7.00. The predicted octanol–water partition coefficient (Wildman–Crippen LogP) is 1.36. The summed E-state index contributed by atoms with van der Waals surface area (Å²) in [6.07, 6.45) is -0.644. The number of nitrogens with two attached hydrogens (primary N) is 1. The third-order valence-corrected chi connectivity index (χ3v) is 3.18. The molecule has 0 radical (unpaired) electrons. The SMILES string of the molecule is CC(C)(C[C@@H](CO)C(=C=O)NCc1ccccc1)OC(N)=O. The third-order valence-electron chi connectivity index (χ3n) is 3.18. The normalized spacial score (nSPS) is 12.1. The highest BCUT2D eigenvalue weighted by atomic mass is 16.6. The summed E-state index contributed by atoms with van der Waals surface area (Å²) in [5, 5.41) is 12.5. The van der Waals surface area contributed by atoms with Crippen molar-refractivity contribution in [2.24, 2.45) is 11.7 Å². The number of aliphatic hydroxyl groups is 1. The van der Waals surface area contributed by atoms with Crippen LogP contribution in [0, 0.1) is 5.92 Å². The van der Waals surface area contributed by atoms with E-state index in [-0.39, 0.29) is 18.7 Å². The van der Waals surface area contributed by atoms with Crippen LogP contribution in [0.15, 0.2) is 36.0 Å². The summed E-state index contributed by atoms with van der Waals surface area (Å²) in [7, 11) is 0. The van der Waals surface area contributed by atoms with E-state index < -0.39 is 17.6 Å². The van der Waals surface area contributed by atoms with Crippen LogP contribution in [0.3, 0.4) is 0 Å². The van der Waals surface area contributed by atoms with Gasteiger partial charge in [0, 0.05) is 12.5 Å². The highest BCUT2D eigenvalue weighted by molar-refractivity contribution is 5.65. The summed E-state index contributed by atoms with van der Waals surface area (Å²) >= 11 is 0. The molecule has 0 saturated heterocycles. The number of rotatable bonds is 8. The van der Waals surface area contributed by atoms with Crippen LogP contribution in [0.5, 0.6) is 0 Å². The van der Waals surface area contributed by atoms with Gasteiger partial charge in [0.2, 0.25) is 0 Å². The second-order valence-electron chi connectivity index (χ2n) is 5.62.